The number of nitrogens with zero attached hydrogens (tertiary/aromatic N) is 1. The average Bonchev–Trinajstić information content (AvgIpc) is 3.19. The van der Waals surface area contributed by atoms with Crippen LogP contribution in [0.25, 0.3) is 0 Å². The van der Waals surface area contributed by atoms with Crippen molar-refractivity contribution in [3.05, 3.63) is 82.4 Å². The molecule has 0 atom stereocenters. The summed E-state index contributed by atoms with van der Waals surface area (Å²) in [5, 5.41) is 0. The van der Waals surface area contributed by atoms with E-state index in [2.05, 4.69) is 22.9 Å². The number of hydrogen-bond acceptors (Lipinski definition) is 2. The molecule has 2 heteroatoms. The molecule has 0 fully saturated rings. The van der Waals surface area contributed by atoms with Gasteiger partial charge in [-0.05, 0) is 55.5 Å². The molecule has 1 aliphatic heterocycles. The van der Waals surface area contributed by atoms with Gasteiger partial charge in [-0.1, -0.05) is 48.2 Å². The normalized spacial score (nSPS) is 12.4. The quantitative estimate of drug-likeness (QED) is 0.406. The van der Waals surface area contributed by atoms with Gasteiger partial charge in [0.15, 0.2) is 5.78 Å². The SMILES string of the molecule is Cc1ccc(C(=O)CCCCC2=CCN=C2)cc1C#Cc1ccccc1. The highest BCUT2D eigenvalue weighted by atomic mass is 16.1. The summed E-state index contributed by atoms with van der Waals surface area (Å²) < 4.78 is 0. The molecule has 0 unspecified atom stereocenters. The first-order valence-electron chi connectivity index (χ1n) is 9.12. The molecule has 0 bridgehead atoms. The number of rotatable bonds is 6. The molecule has 3 rings (SSSR count). The van der Waals surface area contributed by atoms with Crippen LogP contribution in [-0.2, 0) is 0 Å². The van der Waals surface area contributed by atoms with Crippen LogP contribution in [0.3, 0.4) is 0 Å². The van der Waals surface area contributed by atoms with Crippen LogP contribution in [0.15, 0.2) is 65.2 Å². The van der Waals surface area contributed by atoms with Gasteiger partial charge >= 0.3 is 0 Å². The van der Waals surface area contributed by atoms with Crippen LogP contribution in [0, 0.1) is 18.8 Å². The van der Waals surface area contributed by atoms with Crippen LogP contribution in [0.1, 0.15) is 52.7 Å². The molecule has 1 aliphatic rings. The zero-order valence-electron chi connectivity index (χ0n) is 15.2. The van der Waals surface area contributed by atoms with Crippen molar-refractivity contribution in [3.8, 4) is 11.8 Å². The van der Waals surface area contributed by atoms with Gasteiger partial charge in [-0.25, -0.2) is 0 Å². The molecule has 0 saturated carbocycles. The Balaban J connectivity index is 1.60. The van der Waals surface area contributed by atoms with Crippen LogP contribution in [0.2, 0.25) is 0 Å². The number of aryl methyl sites for hydroxylation is 1. The lowest BCUT2D eigenvalue weighted by molar-refractivity contribution is 0.0979. The maximum absolute atomic E-state index is 12.5. The first kappa shape index (κ1) is 17.9. The smallest absolute Gasteiger partial charge is 0.162 e. The van der Waals surface area contributed by atoms with E-state index in [4.69, 9.17) is 0 Å². The number of ketones is 1. The lowest BCUT2D eigenvalue weighted by atomic mass is 9.99. The van der Waals surface area contributed by atoms with E-state index in [9.17, 15) is 4.79 Å². The molecule has 0 aromatic heterocycles. The van der Waals surface area contributed by atoms with Crippen LogP contribution in [-0.4, -0.2) is 18.5 Å². The number of carbonyl (C=O) groups excluding carboxylic acids is 1. The minimum atomic E-state index is 0.196. The fourth-order valence-corrected chi connectivity index (χ4v) is 2.91. The Kier molecular flexibility index (Phi) is 6.17. The van der Waals surface area contributed by atoms with Gasteiger partial charge in [0.25, 0.3) is 0 Å². The van der Waals surface area contributed by atoms with E-state index in [1.165, 1.54) is 5.57 Å². The Hall–Kier alpha value is -2.92. The molecule has 0 spiro atoms. The number of carbonyl (C=O) groups is 1. The van der Waals surface area contributed by atoms with Crippen LogP contribution in [0.4, 0.5) is 0 Å². The molecule has 26 heavy (non-hydrogen) atoms. The molecule has 0 N–H and O–H groups in total. The monoisotopic (exact) mass is 341 g/mol. The van der Waals surface area contributed by atoms with Gasteiger partial charge in [-0.2, -0.15) is 0 Å². The number of aliphatic imine (C=N–C) groups is 1. The topological polar surface area (TPSA) is 29.4 Å². The van der Waals surface area contributed by atoms with Crippen molar-refractivity contribution >= 4 is 12.0 Å². The molecule has 0 saturated heterocycles. The summed E-state index contributed by atoms with van der Waals surface area (Å²) in [5.74, 6) is 6.57. The molecule has 1 heterocycles. The zero-order chi connectivity index (χ0) is 18.2. The lowest BCUT2D eigenvalue weighted by Crippen LogP contribution is -2.00. The third kappa shape index (κ3) is 5.04. The predicted octanol–water partition coefficient (Wildman–Crippen LogP) is 5.15. The summed E-state index contributed by atoms with van der Waals surface area (Å²) in [7, 11) is 0. The van der Waals surface area contributed by atoms with Gasteiger partial charge < -0.3 is 0 Å². The van der Waals surface area contributed by atoms with Gasteiger partial charge in [-0.15, -0.1) is 0 Å². The Morgan fingerprint density at radius 2 is 1.92 bits per heavy atom. The average molecular weight is 341 g/mol. The summed E-state index contributed by atoms with van der Waals surface area (Å²) in [5.41, 5.74) is 5.05. The highest BCUT2D eigenvalue weighted by Gasteiger charge is 2.08. The summed E-state index contributed by atoms with van der Waals surface area (Å²) in [4.78, 5) is 16.7. The van der Waals surface area contributed by atoms with E-state index >= 15 is 0 Å². The maximum atomic E-state index is 12.5. The van der Waals surface area contributed by atoms with Crippen molar-refractivity contribution < 1.29 is 4.79 Å². The summed E-state index contributed by atoms with van der Waals surface area (Å²) >= 11 is 0. The highest BCUT2D eigenvalue weighted by molar-refractivity contribution is 5.96. The molecule has 2 aromatic rings. The standard InChI is InChI=1S/C24H23NO/c1-19-11-13-23(17-22(19)14-12-20-7-3-2-4-8-20)24(26)10-6-5-9-21-15-16-25-18-21/h2-4,7-8,11,13,15,17-18H,5-6,9-10,16H2,1H3. The Bertz CT molecular complexity index is 895. The van der Waals surface area contributed by atoms with Gasteiger partial charge in [0.05, 0.1) is 6.54 Å². The summed E-state index contributed by atoms with van der Waals surface area (Å²) in [6, 6.07) is 15.7. The summed E-state index contributed by atoms with van der Waals surface area (Å²) in [6.07, 6.45) is 7.62. The molecule has 2 aromatic carbocycles. The summed E-state index contributed by atoms with van der Waals surface area (Å²) in [6.45, 7) is 2.84. The van der Waals surface area contributed by atoms with E-state index in [1.54, 1.807) is 0 Å². The number of Topliss-reactive ketones (excluding diaryl/α,β-unsaturated/α-hetero) is 1. The van der Waals surface area contributed by atoms with Crippen molar-refractivity contribution in [3.63, 3.8) is 0 Å². The van der Waals surface area contributed by atoms with Crippen LogP contribution >= 0.6 is 0 Å². The van der Waals surface area contributed by atoms with E-state index in [0.29, 0.717) is 6.42 Å². The number of benzene rings is 2. The first-order chi connectivity index (χ1) is 12.7. The van der Waals surface area contributed by atoms with Gasteiger partial charge in [0.2, 0.25) is 0 Å². The zero-order valence-corrected chi connectivity index (χ0v) is 15.2. The van der Waals surface area contributed by atoms with Crippen LogP contribution < -0.4 is 0 Å². The molecule has 0 aliphatic carbocycles. The second-order valence-electron chi connectivity index (χ2n) is 6.55. The second-order valence-corrected chi connectivity index (χ2v) is 6.55. The van der Waals surface area contributed by atoms with Crippen molar-refractivity contribution in [2.75, 3.05) is 6.54 Å². The third-order valence-electron chi connectivity index (χ3n) is 4.51. The van der Waals surface area contributed by atoms with Gasteiger partial charge in [-0.3, -0.25) is 9.79 Å². The molecule has 0 amide bonds. The van der Waals surface area contributed by atoms with E-state index in [1.807, 2.05) is 61.7 Å². The minimum Gasteiger partial charge on any atom is -0.294 e. The fraction of sp³-hybridized carbons (Fsp3) is 0.250. The first-order valence-corrected chi connectivity index (χ1v) is 9.12. The molecule has 130 valence electrons. The predicted molar refractivity (Wildman–Crippen MR) is 108 cm³/mol. The van der Waals surface area contributed by atoms with E-state index in [-0.39, 0.29) is 5.78 Å². The van der Waals surface area contributed by atoms with Crippen molar-refractivity contribution in [1.29, 1.82) is 0 Å². The Labute approximate surface area is 155 Å². The molecular formula is C24H23NO. The number of unbranched alkanes of at least 4 members (excludes halogenated alkanes) is 1. The third-order valence-corrected chi connectivity index (χ3v) is 4.51. The van der Waals surface area contributed by atoms with Gasteiger partial charge in [0, 0.05) is 29.3 Å². The molecular weight excluding hydrogens is 318 g/mol. The number of hydrogen-bond donors (Lipinski definition) is 0. The maximum Gasteiger partial charge on any atom is 0.162 e. The van der Waals surface area contributed by atoms with Gasteiger partial charge in [0.1, 0.15) is 0 Å². The molecule has 0 radical (unpaired) electrons. The largest absolute Gasteiger partial charge is 0.294 e. The highest BCUT2D eigenvalue weighted by Crippen LogP contribution is 2.16. The fourth-order valence-electron chi connectivity index (χ4n) is 2.91. The second kappa shape index (κ2) is 8.97. The van der Waals surface area contributed by atoms with E-state index < -0.39 is 0 Å². The van der Waals surface area contributed by atoms with Crippen molar-refractivity contribution in [1.82, 2.24) is 0 Å². The minimum absolute atomic E-state index is 0.196. The van der Waals surface area contributed by atoms with Crippen LogP contribution in [0.5, 0.6) is 0 Å². The number of allylic oxidation sites excluding steroid dienone is 1. The Morgan fingerprint density at radius 1 is 1.08 bits per heavy atom. The van der Waals surface area contributed by atoms with Crippen molar-refractivity contribution in [2.45, 2.75) is 32.6 Å². The van der Waals surface area contributed by atoms with Crippen molar-refractivity contribution in [2.24, 2.45) is 4.99 Å². The lowest BCUT2D eigenvalue weighted by Gasteiger charge is -2.04. The Morgan fingerprint density at radius 3 is 2.69 bits per heavy atom. The van der Waals surface area contributed by atoms with E-state index in [0.717, 1.165) is 48.1 Å². The molecule has 2 nitrogen and oxygen atoms in total.